The number of benzene rings is 3. The predicted octanol–water partition coefficient (Wildman–Crippen LogP) is 5.31. The molecule has 0 fully saturated rings. The van der Waals surface area contributed by atoms with E-state index in [9.17, 15) is 14.0 Å². The highest BCUT2D eigenvalue weighted by Crippen LogP contribution is 2.17. The molecule has 0 aliphatic heterocycles. The van der Waals surface area contributed by atoms with Crippen molar-refractivity contribution in [3.8, 4) is 0 Å². The fraction of sp³-hybridized carbons (Fsp3) is 0.310. The molecule has 0 bridgehead atoms. The maximum absolute atomic E-state index is 13.6. The van der Waals surface area contributed by atoms with Gasteiger partial charge in [0.2, 0.25) is 11.8 Å². The number of hydrogen-bond acceptors (Lipinski definition) is 2. The van der Waals surface area contributed by atoms with Gasteiger partial charge in [-0.05, 0) is 48.6 Å². The highest BCUT2D eigenvalue weighted by atomic mass is 19.1. The molecule has 0 saturated heterocycles. The summed E-state index contributed by atoms with van der Waals surface area (Å²) in [6.45, 7) is 4.21. The van der Waals surface area contributed by atoms with Crippen molar-refractivity contribution >= 4 is 11.8 Å². The first kappa shape index (κ1) is 25.2. The van der Waals surface area contributed by atoms with Gasteiger partial charge in [-0.1, -0.05) is 79.7 Å². The quantitative estimate of drug-likeness (QED) is 0.421. The van der Waals surface area contributed by atoms with Gasteiger partial charge in [0.1, 0.15) is 11.9 Å². The van der Waals surface area contributed by atoms with Crippen molar-refractivity contribution in [1.82, 2.24) is 10.2 Å². The number of carbonyl (C=O) groups excluding carboxylic acids is 2. The number of aryl methyl sites for hydroxylation is 1. The lowest BCUT2D eigenvalue weighted by molar-refractivity contribution is -0.141. The molecule has 3 rings (SSSR count). The number of carbonyl (C=O) groups is 2. The fourth-order valence-corrected chi connectivity index (χ4v) is 3.82. The van der Waals surface area contributed by atoms with Gasteiger partial charge in [0.15, 0.2) is 0 Å². The maximum atomic E-state index is 13.6. The van der Waals surface area contributed by atoms with Crippen LogP contribution in [0.4, 0.5) is 4.39 Å². The first-order valence-corrected chi connectivity index (χ1v) is 11.9. The molecule has 0 radical (unpaired) electrons. The molecule has 0 heterocycles. The van der Waals surface area contributed by atoms with Crippen molar-refractivity contribution in [1.29, 1.82) is 0 Å². The lowest BCUT2D eigenvalue weighted by atomic mass is 10.0. The summed E-state index contributed by atoms with van der Waals surface area (Å²) in [5.41, 5.74) is 2.83. The predicted molar refractivity (Wildman–Crippen MR) is 134 cm³/mol. The topological polar surface area (TPSA) is 49.4 Å². The standard InChI is InChI=1S/C29H33FN2O2/c1-3-22(2)31-29(34)27(20-24-12-8-5-9-13-24)32(21-25-14-17-26(30)18-15-25)28(33)19-16-23-10-6-4-7-11-23/h4-15,17-18,22,27H,3,16,19-21H2,1-2H3,(H,31,34)/t22-,27-/m1/s1. The molecule has 34 heavy (non-hydrogen) atoms. The second-order valence-electron chi connectivity index (χ2n) is 8.66. The number of hydrogen-bond donors (Lipinski definition) is 1. The molecular weight excluding hydrogens is 427 g/mol. The van der Waals surface area contributed by atoms with E-state index in [0.717, 1.165) is 23.1 Å². The number of nitrogens with one attached hydrogen (secondary N) is 1. The van der Waals surface area contributed by atoms with E-state index in [2.05, 4.69) is 5.32 Å². The summed E-state index contributed by atoms with van der Waals surface area (Å²) >= 11 is 0. The highest BCUT2D eigenvalue weighted by molar-refractivity contribution is 5.88. The van der Waals surface area contributed by atoms with Crippen LogP contribution in [0.5, 0.6) is 0 Å². The molecule has 4 nitrogen and oxygen atoms in total. The van der Waals surface area contributed by atoms with Gasteiger partial charge in [-0.25, -0.2) is 4.39 Å². The second-order valence-corrected chi connectivity index (χ2v) is 8.66. The van der Waals surface area contributed by atoms with Gasteiger partial charge < -0.3 is 10.2 Å². The van der Waals surface area contributed by atoms with Crippen molar-refractivity contribution in [2.24, 2.45) is 0 Å². The molecule has 3 aromatic carbocycles. The zero-order chi connectivity index (χ0) is 24.3. The van der Waals surface area contributed by atoms with Crippen molar-refractivity contribution in [3.05, 3.63) is 107 Å². The van der Waals surface area contributed by atoms with Gasteiger partial charge in [0.25, 0.3) is 0 Å². The van der Waals surface area contributed by atoms with Gasteiger partial charge in [-0.15, -0.1) is 0 Å². The van der Waals surface area contributed by atoms with Crippen LogP contribution >= 0.6 is 0 Å². The van der Waals surface area contributed by atoms with Crippen molar-refractivity contribution in [2.45, 2.75) is 58.2 Å². The third kappa shape index (κ3) is 7.55. The SMILES string of the molecule is CC[C@@H](C)NC(=O)[C@@H](Cc1ccccc1)N(Cc1ccc(F)cc1)C(=O)CCc1ccccc1. The Morgan fingerprint density at radius 1 is 0.853 bits per heavy atom. The van der Waals surface area contributed by atoms with E-state index in [4.69, 9.17) is 0 Å². The molecule has 5 heteroatoms. The first-order chi connectivity index (χ1) is 16.5. The lowest BCUT2D eigenvalue weighted by Gasteiger charge is -2.32. The number of halogens is 1. The van der Waals surface area contributed by atoms with Gasteiger partial charge in [0.05, 0.1) is 0 Å². The van der Waals surface area contributed by atoms with E-state index in [1.54, 1.807) is 17.0 Å². The average Bonchev–Trinajstić information content (AvgIpc) is 2.87. The smallest absolute Gasteiger partial charge is 0.243 e. The first-order valence-electron chi connectivity index (χ1n) is 11.9. The van der Waals surface area contributed by atoms with E-state index < -0.39 is 6.04 Å². The van der Waals surface area contributed by atoms with Crippen molar-refractivity contribution < 1.29 is 14.0 Å². The van der Waals surface area contributed by atoms with Crippen LogP contribution < -0.4 is 5.32 Å². The van der Waals surface area contributed by atoms with Gasteiger partial charge >= 0.3 is 0 Å². The summed E-state index contributed by atoms with van der Waals surface area (Å²) in [4.78, 5) is 28.6. The Morgan fingerprint density at radius 2 is 1.44 bits per heavy atom. The Morgan fingerprint density at radius 3 is 2.03 bits per heavy atom. The molecule has 2 amide bonds. The zero-order valence-electron chi connectivity index (χ0n) is 19.9. The summed E-state index contributed by atoms with van der Waals surface area (Å²) < 4.78 is 13.5. The molecule has 0 aliphatic rings. The summed E-state index contributed by atoms with van der Waals surface area (Å²) in [7, 11) is 0. The minimum absolute atomic E-state index is 0.00198. The summed E-state index contributed by atoms with van der Waals surface area (Å²) in [6, 6.07) is 25.0. The Kier molecular flexibility index (Phi) is 9.39. The van der Waals surface area contributed by atoms with Crippen LogP contribution in [0.15, 0.2) is 84.9 Å². The van der Waals surface area contributed by atoms with E-state index >= 15 is 0 Å². The van der Waals surface area contributed by atoms with Crippen LogP contribution in [0.2, 0.25) is 0 Å². The summed E-state index contributed by atoms with van der Waals surface area (Å²) in [5, 5.41) is 3.06. The molecule has 0 aromatic heterocycles. The van der Waals surface area contributed by atoms with Gasteiger partial charge in [-0.3, -0.25) is 9.59 Å². The van der Waals surface area contributed by atoms with Crippen molar-refractivity contribution in [2.75, 3.05) is 0 Å². The Hall–Kier alpha value is -3.47. The van der Waals surface area contributed by atoms with E-state index in [1.807, 2.05) is 74.5 Å². The van der Waals surface area contributed by atoms with Gasteiger partial charge in [0, 0.05) is 25.4 Å². The molecular formula is C29H33FN2O2. The van der Waals surface area contributed by atoms with Crippen LogP contribution in [0.1, 0.15) is 43.4 Å². The van der Waals surface area contributed by atoms with Crippen LogP contribution in [0, 0.1) is 5.82 Å². The van der Waals surface area contributed by atoms with E-state index in [1.165, 1.54) is 12.1 Å². The highest BCUT2D eigenvalue weighted by Gasteiger charge is 2.30. The number of rotatable bonds is 11. The van der Waals surface area contributed by atoms with Crippen LogP contribution in [0.25, 0.3) is 0 Å². The van der Waals surface area contributed by atoms with Crippen LogP contribution in [0.3, 0.4) is 0 Å². The average molecular weight is 461 g/mol. The third-order valence-electron chi connectivity index (χ3n) is 6.01. The summed E-state index contributed by atoms with van der Waals surface area (Å²) in [6.07, 6.45) is 2.07. The molecule has 0 unspecified atom stereocenters. The van der Waals surface area contributed by atoms with Crippen molar-refractivity contribution in [3.63, 3.8) is 0 Å². The maximum Gasteiger partial charge on any atom is 0.243 e. The third-order valence-corrected chi connectivity index (χ3v) is 6.01. The van der Waals surface area contributed by atoms with Crippen LogP contribution in [-0.2, 0) is 29.0 Å². The molecule has 0 spiro atoms. The molecule has 178 valence electrons. The molecule has 2 atom stereocenters. The molecule has 1 N–H and O–H groups in total. The molecule has 0 aliphatic carbocycles. The number of nitrogens with zero attached hydrogens (tertiary/aromatic N) is 1. The Balaban J connectivity index is 1.90. The second kappa shape index (κ2) is 12.7. The lowest BCUT2D eigenvalue weighted by Crippen LogP contribution is -2.52. The fourth-order valence-electron chi connectivity index (χ4n) is 3.82. The molecule has 0 saturated carbocycles. The minimum atomic E-state index is -0.676. The van der Waals surface area contributed by atoms with Crippen LogP contribution in [-0.4, -0.2) is 28.8 Å². The van der Waals surface area contributed by atoms with E-state index in [-0.39, 0.29) is 36.6 Å². The Labute approximate surface area is 201 Å². The monoisotopic (exact) mass is 460 g/mol. The number of amides is 2. The normalized spacial score (nSPS) is 12.6. The minimum Gasteiger partial charge on any atom is -0.352 e. The Bertz CT molecular complexity index is 1040. The molecule has 3 aromatic rings. The zero-order valence-corrected chi connectivity index (χ0v) is 19.9. The largest absolute Gasteiger partial charge is 0.352 e. The summed E-state index contributed by atoms with van der Waals surface area (Å²) in [5.74, 6) is -0.608. The van der Waals surface area contributed by atoms with E-state index in [0.29, 0.717) is 12.8 Å². The van der Waals surface area contributed by atoms with Gasteiger partial charge in [-0.2, -0.15) is 0 Å².